The Balaban J connectivity index is 1.99. The molecule has 0 aliphatic rings. The van der Waals surface area contributed by atoms with Gasteiger partial charge in [0.1, 0.15) is 0 Å². The zero-order valence-corrected chi connectivity index (χ0v) is 13.8. The van der Waals surface area contributed by atoms with Crippen molar-refractivity contribution in [2.45, 2.75) is 25.8 Å². The van der Waals surface area contributed by atoms with Gasteiger partial charge in [-0.3, -0.25) is 0 Å². The quantitative estimate of drug-likeness (QED) is 0.833. The summed E-state index contributed by atoms with van der Waals surface area (Å²) in [5.74, 6) is 2.00. The molecule has 0 aliphatic heterocycles. The summed E-state index contributed by atoms with van der Waals surface area (Å²) in [6, 6.07) is 16.9. The highest BCUT2D eigenvalue weighted by molar-refractivity contribution is 5.43. The molecule has 2 rings (SSSR count). The van der Waals surface area contributed by atoms with Crippen LogP contribution in [0, 0.1) is 0 Å². The average Bonchev–Trinajstić information content (AvgIpc) is 2.59. The molecule has 0 saturated carbocycles. The number of nitrogens with one attached hydrogen (secondary N) is 1. The Kier molecular flexibility index (Phi) is 5.84. The molecule has 2 aromatic carbocycles. The van der Waals surface area contributed by atoms with Crippen LogP contribution in [0.3, 0.4) is 0 Å². The van der Waals surface area contributed by atoms with E-state index in [1.165, 1.54) is 11.1 Å². The predicted molar refractivity (Wildman–Crippen MR) is 90.8 cm³/mol. The third-order valence-electron chi connectivity index (χ3n) is 4.01. The largest absolute Gasteiger partial charge is 0.493 e. The monoisotopic (exact) mass is 299 g/mol. The van der Waals surface area contributed by atoms with E-state index in [9.17, 15) is 0 Å². The second-order valence-corrected chi connectivity index (χ2v) is 5.56. The normalized spacial score (nSPS) is 13.5. The number of methoxy groups -OCH3 is 2. The predicted octanol–water partition coefficient (Wildman–Crippen LogP) is 4.16. The highest BCUT2D eigenvalue weighted by Crippen LogP contribution is 2.30. The molecule has 0 saturated heterocycles. The van der Waals surface area contributed by atoms with Crippen molar-refractivity contribution in [3.05, 3.63) is 59.7 Å². The lowest BCUT2D eigenvalue weighted by atomic mass is 10.0. The van der Waals surface area contributed by atoms with Gasteiger partial charge in [0.15, 0.2) is 11.5 Å². The molecule has 2 atom stereocenters. The Morgan fingerprint density at radius 1 is 0.864 bits per heavy atom. The minimum absolute atomic E-state index is 0.256. The minimum Gasteiger partial charge on any atom is -0.493 e. The van der Waals surface area contributed by atoms with Crippen LogP contribution in [0.1, 0.15) is 36.9 Å². The summed E-state index contributed by atoms with van der Waals surface area (Å²) in [6.07, 6.45) is 0. The summed E-state index contributed by atoms with van der Waals surface area (Å²) in [5, 5.41) is 3.59. The maximum absolute atomic E-state index is 5.37. The Hall–Kier alpha value is -2.00. The summed E-state index contributed by atoms with van der Waals surface area (Å²) in [5.41, 5.74) is 2.55. The van der Waals surface area contributed by atoms with Crippen molar-refractivity contribution in [3.8, 4) is 11.5 Å². The van der Waals surface area contributed by atoms with Gasteiger partial charge in [0.05, 0.1) is 14.2 Å². The first kappa shape index (κ1) is 16.4. The summed E-state index contributed by atoms with van der Waals surface area (Å²) < 4.78 is 10.7. The number of benzene rings is 2. The van der Waals surface area contributed by atoms with Gasteiger partial charge in [0.2, 0.25) is 0 Å². The Morgan fingerprint density at radius 2 is 1.55 bits per heavy atom. The molecule has 0 aliphatic carbocycles. The molecule has 0 amide bonds. The first-order valence-corrected chi connectivity index (χ1v) is 7.66. The van der Waals surface area contributed by atoms with Gasteiger partial charge in [0.25, 0.3) is 0 Å². The number of hydrogen-bond acceptors (Lipinski definition) is 3. The van der Waals surface area contributed by atoms with E-state index in [2.05, 4.69) is 55.6 Å². The summed E-state index contributed by atoms with van der Waals surface area (Å²) in [6.45, 7) is 5.34. The fraction of sp³-hybridized carbons (Fsp3) is 0.368. The Bertz CT molecular complexity index is 583. The van der Waals surface area contributed by atoms with Crippen LogP contribution in [-0.4, -0.2) is 20.8 Å². The van der Waals surface area contributed by atoms with Crippen molar-refractivity contribution >= 4 is 0 Å². The third kappa shape index (κ3) is 4.01. The zero-order valence-electron chi connectivity index (χ0n) is 13.8. The lowest BCUT2D eigenvalue weighted by Gasteiger charge is -2.19. The van der Waals surface area contributed by atoms with E-state index < -0.39 is 0 Å². The van der Waals surface area contributed by atoms with Crippen molar-refractivity contribution in [1.82, 2.24) is 5.32 Å². The molecule has 0 fully saturated rings. The van der Waals surface area contributed by atoms with Crippen LogP contribution in [0.5, 0.6) is 11.5 Å². The van der Waals surface area contributed by atoms with Crippen molar-refractivity contribution in [1.29, 1.82) is 0 Å². The molecule has 3 nitrogen and oxygen atoms in total. The molecule has 0 radical (unpaired) electrons. The maximum Gasteiger partial charge on any atom is 0.161 e. The molecule has 3 heteroatoms. The highest BCUT2D eigenvalue weighted by Gasteiger charge is 2.12. The summed E-state index contributed by atoms with van der Waals surface area (Å²) in [4.78, 5) is 0. The number of rotatable bonds is 7. The van der Waals surface area contributed by atoms with E-state index in [-0.39, 0.29) is 6.04 Å². The standard InChI is InChI=1S/C19H25NO2/c1-14(16-8-6-5-7-9-16)13-20-15(2)17-10-11-18(21-3)19(12-17)22-4/h5-12,14-15,20H,13H2,1-4H3. The van der Waals surface area contributed by atoms with Crippen LogP contribution >= 0.6 is 0 Å². The van der Waals surface area contributed by atoms with Gasteiger partial charge in [-0.2, -0.15) is 0 Å². The first-order valence-electron chi connectivity index (χ1n) is 7.66. The molecule has 0 heterocycles. The van der Waals surface area contributed by atoms with E-state index in [1.807, 2.05) is 12.1 Å². The minimum atomic E-state index is 0.256. The average molecular weight is 299 g/mol. The fourth-order valence-corrected chi connectivity index (χ4v) is 2.49. The zero-order chi connectivity index (χ0) is 15.9. The molecule has 0 aromatic heterocycles. The molecular formula is C19H25NO2. The molecule has 118 valence electrons. The molecule has 1 N–H and O–H groups in total. The SMILES string of the molecule is COc1ccc(C(C)NCC(C)c2ccccc2)cc1OC. The number of ether oxygens (including phenoxy) is 2. The summed E-state index contributed by atoms with van der Waals surface area (Å²) >= 11 is 0. The maximum atomic E-state index is 5.37. The van der Waals surface area contributed by atoms with Crippen LogP contribution in [0.4, 0.5) is 0 Å². The van der Waals surface area contributed by atoms with Gasteiger partial charge in [-0.15, -0.1) is 0 Å². The molecule has 22 heavy (non-hydrogen) atoms. The Morgan fingerprint density at radius 3 is 2.18 bits per heavy atom. The summed E-state index contributed by atoms with van der Waals surface area (Å²) in [7, 11) is 3.32. The smallest absolute Gasteiger partial charge is 0.161 e. The van der Waals surface area contributed by atoms with Crippen LogP contribution < -0.4 is 14.8 Å². The van der Waals surface area contributed by atoms with Crippen molar-refractivity contribution in [2.75, 3.05) is 20.8 Å². The van der Waals surface area contributed by atoms with Gasteiger partial charge in [-0.1, -0.05) is 43.3 Å². The first-order chi connectivity index (χ1) is 10.7. The second kappa shape index (κ2) is 7.85. The van der Waals surface area contributed by atoms with E-state index >= 15 is 0 Å². The topological polar surface area (TPSA) is 30.5 Å². The second-order valence-electron chi connectivity index (χ2n) is 5.56. The van der Waals surface area contributed by atoms with Crippen molar-refractivity contribution < 1.29 is 9.47 Å². The van der Waals surface area contributed by atoms with E-state index in [0.717, 1.165) is 18.0 Å². The van der Waals surface area contributed by atoms with Gasteiger partial charge >= 0.3 is 0 Å². The third-order valence-corrected chi connectivity index (χ3v) is 4.01. The molecule has 2 unspecified atom stereocenters. The Labute approximate surface area is 133 Å². The van der Waals surface area contributed by atoms with Crippen molar-refractivity contribution in [2.24, 2.45) is 0 Å². The van der Waals surface area contributed by atoms with Gasteiger partial charge in [0, 0.05) is 12.6 Å². The van der Waals surface area contributed by atoms with E-state index in [4.69, 9.17) is 9.47 Å². The van der Waals surface area contributed by atoms with Gasteiger partial charge in [-0.25, -0.2) is 0 Å². The van der Waals surface area contributed by atoms with Crippen molar-refractivity contribution in [3.63, 3.8) is 0 Å². The molecule has 2 aromatic rings. The van der Waals surface area contributed by atoms with Crippen LogP contribution in [0.2, 0.25) is 0 Å². The van der Waals surface area contributed by atoms with E-state index in [1.54, 1.807) is 14.2 Å². The van der Waals surface area contributed by atoms with Crippen LogP contribution in [0.15, 0.2) is 48.5 Å². The molecule has 0 bridgehead atoms. The lowest BCUT2D eigenvalue weighted by molar-refractivity contribution is 0.354. The molecule has 0 spiro atoms. The van der Waals surface area contributed by atoms with Gasteiger partial charge < -0.3 is 14.8 Å². The van der Waals surface area contributed by atoms with Crippen LogP contribution in [0.25, 0.3) is 0 Å². The highest BCUT2D eigenvalue weighted by atomic mass is 16.5. The number of hydrogen-bond donors (Lipinski definition) is 1. The van der Waals surface area contributed by atoms with Gasteiger partial charge in [-0.05, 0) is 36.1 Å². The fourth-order valence-electron chi connectivity index (χ4n) is 2.49. The lowest BCUT2D eigenvalue weighted by Crippen LogP contribution is -2.23. The van der Waals surface area contributed by atoms with Crippen LogP contribution in [-0.2, 0) is 0 Å². The molecular weight excluding hydrogens is 274 g/mol. The van der Waals surface area contributed by atoms with E-state index in [0.29, 0.717) is 5.92 Å².